The monoisotopic (exact) mass is 376 g/mol. The van der Waals surface area contributed by atoms with Crippen LogP contribution in [0, 0.1) is 0 Å². The Morgan fingerprint density at radius 3 is 2.76 bits per heavy atom. The van der Waals surface area contributed by atoms with E-state index in [9.17, 15) is 0 Å². The molecule has 0 fully saturated rings. The molecule has 25 heavy (non-hydrogen) atoms. The van der Waals surface area contributed by atoms with E-state index in [0.29, 0.717) is 17.5 Å². The predicted octanol–water partition coefficient (Wildman–Crippen LogP) is 3.82. The zero-order valence-corrected chi connectivity index (χ0v) is 15.8. The molecule has 0 saturated carbocycles. The second kappa shape index (κ2) is 7.95. The maximum Gasteiger partial charge on any atom is 0.182 e. The van der Waals surface area contributed by atoms with E-state index < -0.39 is 0 Å². The quantitative estimate of drug-likeness (QED) is 0.652. The summed E-state index contributed by atoms with van der Waals surface area (Å²) in [5, 5.41) is 4.65. The van der Waals surface area contributed by atoms with Crippen molar-refractivity contribution in [3.8, 4) is 0 Å². The van der Waals surface area contributed by atoms with Gasteiger partial charge in [0.1, 0.15) is 11.8 Å². The van der Waals surface area contributed by atoms with Crippen LogP contribution in [0.1, 0.15) is 24.9 Å². The Bertz CT molecular complexity index is 835. The Balaban J connectivity index is 1.83. The molecule has 0 aliphatic rings. The molecule has 0 saturated heterocycles. The van der Waals surface area contributed by atoms with Crippen LogP contribution in [0.3, 0.4) is 0 Å². The van der Waals surface area contributed by atoms with Gasteiger partial charge < -0.3 is 11.1 Å². The molecular weight excluding hydrogens is 356 g/mol. The van der Waals surface area contributed by atoms with Crippen LogP contribution in [0.4, 0.5) is 10.9 Å². The number of rotatable bonds is 7. The van der Waals surface area contributed by atoms with Gasteiger partial charge in [-0.1, -0.05) is 42.0 Å². The van der Waals surface area contributed by atoms with Crippen LogP contribution in [0.25, 0.3) is 10.3 Å². The summed E-state index contributed by atoms with van der Waals surface area (Å²) >= 11 is 7.40. The van der Waals surface area contributed by atoms with Crippen molar-refractivity contribution in [2.24, 2.45) is 0 Å². The summed E-state index contributed by atoms with van der Waals surface area (Å²) in [6, 6.07) is 8.17. The lowest BCUT2D eigenvalue weighted by atomic mass is 10.1. The smallest absolute Gasteiger partial charge is 0.182 e. The summed E-state index contributed by atoms with van der Waals surface area (Å²) in [4.78, 5) is 16.0. The molecule has 8 heteroatoms. The molecule has 2 heterocycles. The van der Waals surface area contributed by atoms with Crippen molar-refractivity contribution < 1.29 is 0 Å². The second-order valence-electron chi connectivity index (χ2n) is 5.86. The first kappa shape index (κ1) is 17.8. The van der Waals surface area contributed by atoms with E-state index in [-0.39, 0.29) is 6.04 Å². The van der Waals surface area contributed by atoms with Gasteiger partial charge in [-0.15, -0.1) is 0 Å². The maximum atomic E-state index is 6.03. The van der Waals surface area contributed by atoms with Gasteiger partial charge in [-0.3, -0.25) is 4.90 Å². The Morgan fingerprint density at radius 1 is 1.28 bits per heavy atom. The molecule has 6 nitrogen and oxygen atoms in total. The molecule has 1 aromatic carbocycles. The number of nitrogen functional groups attached to an aromatic ring is 1. The summed E-state index contributed by atoms with van der Waals surface area (Å²) in [5.41, 5.74) is 7.72. The zero-order chi connectivity index (χ0) is 17.8. The molecule has 0 aliphatic heterocycles. The minimum Gasteiger partial charge on any atom is -0.375 e. The number of nitrogens with two attached hydrogens (primary N) is 1. The van der Waals surface area contributed by atoms with E-state index in [0.717, 1.165) is 28.3 Å². The average molecular weight is 377 g/mol. The number of benzene rings is 1. The summed E-state index contributed by atoms with van der Waals surface area (Å²) in [6.45, 7) is 3.87. The van der Waals surface area contributed by atoms with Gasteiger partial charge in [0, 0.05) is 11.6 Å². The molecule has 3 rings (SSSR count). The summed E-state index contributed by atoms with van der Waals surface area (Å²) < 4.78 is 0. The SMILES string of the molecule is CCCN(C)C(CNc1ncnc2sc(N)nc12)c1ccc(Cl)cc1. The highest BCUT2D eigenvalue weighted by Gasteiger charge is 2.18. The number of aromatic nitrogens is 3. The number of anilines is 2. The van der Waals surface area contributed by atoms with Crippen LogP contribution in [-0.4, -0.2) is 40.0 Å². The van der Waals surface area contributed by atoms with E-state index in [1.807, 2.05) is 12.1 Å². The third-order valence-electron chi connectivity index (χ3n) is 4.04. The van der Waals surface area contributed by atoms with Gasteiger partial charge in [0.15, 0.2) is 15.8 Å². The molecule has 132 valence electrons. The van der Waals surface area contributed by atoms with Crippen molar-refractivity contribution in [1.29, 1.82) is 0 Å². The molecule has 1 atom stereocenters. The van der Waals surface area contributed by atoms with Gasteiger partial charge in [-0.05, 0) is 37.7 Å². The molecule has 0 spiro atoms. The van der Waals surface area contributed by atoms with Gasteiger partial charge in [0.2, 0.25) is 0 Å². The van der Waals surface area contributed by atoms with E-state index in [1.165, 1.54) is 23.2 Å². The number of fused-ring (bicyclic) bond motifs is 1. The van der Waals surface area contributed by atoms with Gasteiger partial charge in [0.05, 0.1) is 6.04 Å². The number of hydrogen-bond acceptors (Lipinski definition) is 7. The molecule has 0 amide bonds. The fourth-order valence-corrected chi connectivity index (χ4v) is 3.61. The summed E-state index contributed by atoms with van der Waals surface area (Å²) in [7, 11) is 2.13. The Morgan fingerprint density at radius 2 is 2.04 bits per heavy atom. The molecule has 0 aliphatic carbocycles. The lowest BCUT2D eigenvalue weighted by Gasteiger charge is -2.28. The van der Waals surface area contributed by atoms with Crippen molar-refractivity contribution in [2.75, 3.05) is 31.2 Å². The first-order valence-electron chi connectivity index (χ1n) is 8.15. The van der Waals surface area contributed by atoms with Crippen LogP contribution in [0.5, 0.6) is 0 Å². The molecular formula is C17H21ClN6S. The van der Waals surface area contributed by atoms with Crippen LogP contribution in [-0.2, 0) is 0 Å². The third-order valence-corrected chi connectivity index (χ3v) is 5.08. The van der Waals surface area contributed by atoms with Crippen LogP contribution in [0.15, 0.2) is 30.6 Å². The van der Waals surface area contributed by atoms with Crippen LogP contribution < -0.4 is 11.1 Å². The van der Waals surface area contributed by atoms with E-state index in [2.05, 4.69) is 51.3 Å². The minimum absolute atomic E-state index is 0.193. The lowest BCUT2D eigenvalue weighted by Crippen LogP contribution is -2.31. The Kier molecular flexibility index (Phi) is 5.67. The van der Waals surface area contributed by atoms with Crippen molar-refractivity contribution >= 4 is 44.2 Å². The topological polar surface area (TPSA) is 80.0 Å². The largest absolute Gasteiger partial charge is 0.375 e. The standard InChI is InChI=1S/C17H21ClN6S/c1-3-8-24(2)13(11-4-6-12(18)7-5-11)9-20-15-14-16(22-10-21-15)25-17(19)23-14/h4-7,10,13H,3,8-9H2,1-2H3,(H2,19,23)(H,20,21,22). The number of halogens is 1. The highest BCUT2D eigenvalue weighted by atomic mass is 35.5. The fourth-order valence-electron chi connectivity index (χ4n) is 2.81. The van der Waals surface area contributed by atoms with E-state index in [4.69, 9.17) is 17.3 Å². The highest BCUT2D eigenvalue weighted by molar-refractivity contribution is 7.21. The predicted molar refractivity (Wildman–Crippen MR) is 105 cm³/mol. The van der Waals surface area contributed by atoms with Crippen LogP contribution in [0.2, 0.25) is 5.02 Å². The average Bonchev–Trinajstić information content (AvgIpc) is 2.98. The van der Waals surface area contributed by atoms with Gasteiger partial charge >= 0.3 is 0 Å². The molecule has 2 aromatic heterocycles. The van der Waals surface area contributed by atoms with Crippen molar-refractivity contribution in [3.05, 3.63) is 41.2 Å². The summed E-state index contributed by atoms with van der Waals surface area (Å²) in [6.07, 6.45) is 2.62. The van der Waals surface area contributed by atoms with E-state index >= 15 is 0 Å². The Hall–Kier alpha value is -1.96. The summed E-state index contributed by atoms with van der Waals surface area (Å²) in [5.74, 6) is 0.710. The number of hydrogen-bond donors (Lipinski definition) is 2. The minimum atomic E-state index is 0.193. The second-order valence-corrected chi connectivity index (χ2v) is 7.30. The van der Waals surface area contributed by atoms with Gasteiger partial charge in [0.25, 0.3) is 0 Å². The number of nitrogens with zero attached hydrogens (tertiary/aromatic N) is 4. The lowest BCUT2D eigenvalue weighted by molar-refractivity contribution is 0.255. The number of likely N-dealkylation sites (N-methyl/N-ethyl adjacent to an activating group) is 1. The first-order valence-corrected chi connectivity index (χ1v) is 9.34. The number of thiazole rings is 1. The third kappa shape index (κ3) is 4.18. The molecule has 0 bridgehead atoms. The van der Waals surface area contributed by atoms with Gasteiger partial charge in [-0.2, -0.15) is 0 Å². The number of nitrogens with one attached hydrogen (secondary N) is 1. The molecule has 0 radical (unpaired) electrons. The molecule has 3 aromatic rings. The van der Waals surface area contributed by atoms with Crippen LogP contribution >= 0.6 is 22.9 Å². The first-order chi connectivity index (χ1) is 12.1. The maximum absolute atomic E-state index is 6.03. The zero-order valence-electron chi connectivity index (χ0n) is 14.2. The highest BCUT2D eigenvalue weighted by Crippen LogP contribution is 2.27. The van der Waals surface area contributed by atoms with Crippen molar-refractivity contribution in [3.63, 3.8) is 0 Å². The van der Waals surface area contributed by atoms with E-state index in [1.54, 1.807) is 0 Å². The molecule has 1 unspecified atom stereocenters. The van der Waals surface area contributed by atoms with Gasteiger partial charge in [-0.25, -0.2) is 15.0 Å². The fraction of sp³-hybridized carbons (Fsp3) is 0.353. The van der Waals surface area contributed by atoms with Crippen molar-refractivity contribution in [1.82, 2.24) is 19.9 Å². The Labute approximate surface area is 156 Å². The normalized spacial score (nSPS) is 12.6. The molecule has 3 N–H and O–H groups in total. The van der Waals surface area contributed by atoms with Crippen molar-refractivity contribution in [2.45, 2.75) is 19.4 Å².